The van der Waals surface area contributed by atoms with Gasteiger partial charge in [0.25, 0.3) is 0 Å². The van der Waals surface area contributed by atoms with Crippen LogP contribution in [0.4, 0.5) is 0 Å². The van der Waals surface area contributed by atoms with E-state index in [9.17, 15) is 13.5 Å². The zero-order chi connectivity index (χ0) is 17.3. The average Bonchev–Trinajstić information content (AvgIpc) is 2.57. The predicted molar refractivity (Wildman–Crippen MR) is 98.1 cm³/mol. The molecule has 8 heteroatoms. The normalized spacial score (nSPS) is 11.3. The fourth-order valence-corrected chi connectivity index (χ4v) is 3.71. The quantitative estimate of drug-likeness (QED) is 0.724. The zero-order valence-electron chi connectivity index (χ0n) is 12.7. The summed E-state index contributed by atoms with van der Waals surface area (Å²) in [5.41, 5.74) is 1.35. The van der Waals surface area contributed by atoms with Crippen molar-refractivity contribution >= 4 is 32.5 Å². The Hall–Kier alpha value is -2.22. The first-order valence-corrected chi connectivity index (χ1v) is 8.93. The molecule has 0 aliphatic carbocycles. The molecule has 0 spiro atoms. The Labute approximate surface area is 151 Å². The number of phenolic OH excluding ortho intramolecular Hbond substituents is 1. The third-order valence-electron chi connectivity index (χ3n) is 3.47. The number of rotatable bonds is 4. The number of aromatic nitrogens is 2. The molecule has 25 heavy (non-hydrogen) atoms. The van der Waals surface area contributed by atoms with Crippen molar-refractivity contribution in [1.29, 1.82) is 0 Å². The van der Waals surface area contributed by atoms with Crippen LogP contribution in [-0.4, -0.2) is 23.5 Å². The molecular formula is C17H18ClN3O3S. The first-order valence-electron chi connectivity index (χ1n) is 7.07. The lowest BCUT2D eigenvalue weighted by Gasteiger charge is -2.11. The van der Waals surface area contributed by atoms with E-state index in [1.54, 1.807) is 43.5 Å². The monoisotopic (exact) mass is 379 g/mol. The highest BCUT2D eigenvalue weighted by molar-refractivity contribution is 7.89. The van der Waals surface area contributed by atoms with Crippen LogP contribution in [0.5, 0.6) is 5.75 Å². The molecule has 0 atom stereocenters. The molecule has 3 aromatic rings. The highest BCUT2D eigenvalue weighted by Crippen LogP contribution is 2.35. The number of halogens is 1. The van der Waals surface area contributed by atoms with Gasteiger partial charge in [-0.15, -0.1) is 0 Å². The standard InChI is InChI=1S/C16H14ClN3O3S.CH4/c1-10-5-6-12-13(17)8-14(16(21)15(12)20-10)24(22,23)19-9-11-4-2-3-7-18-11;/h2-8,19,21H,9H2,1H3;1H4. The first kappa shape index (κ1) is 19.1. The maximum Gasteiger partial charge on any atom is 0.244 e. The summed E-state index contributed by atoms with van der Waals surface area (Å²) in [5.74, 6) is -0.424. The van der Waals surface area contributed by atoms with Gasteiger partial charge in [0.05, 0.1) is 17.3 Å². The summed E-state index contributed by atoms with van der Waals surface area (Å²) in [6.07, 6.45) is 1.57. The second-order valence-corrected chi connectivity index (χ2v) is 7.34. The lowest BCUT2D eigenvalue weighted by atomic mass is 10.2. The molecule has 0 aliphatic rings. The predicted octanol–water partition coefficient (Wildman–Crippen LogP) is 3.41. The number of pyridine rings is 2. The number of nitrogens with zero attached hydrogens (tertiary/aromatic N) is 2. The van der Waals surface area contributed by atoms with Crippen molar-refractivity contribution in [2.24, 2.45) is 0 Å². The molecule has 0 bridgehead atoms. The van der Waals surface area contributed by atoms with E-state index < -0.39 is 15.8 Å². The Morgan fingerprint density at radius 1 is 1.24 bits per heavy atom. The summed E-state index contributed by atoms with van der Waals surface area (Å²) in [4.78, 5) is 7.93. The van der Waals surface area contributed by atoms with Crippen molar-refractivity contribution in [2.45, 2.75) is 25.8 Å². The summed E-state index contributed by atoms with van der Waals surface area (Å²) in [5, 5.41) is 11.1. The fraction of sp³-hybridized carbons (Fsp3) is 0.176. The van der Waals surface area contributed by atoms with Gasteiger partial charge >= 0.3 is 0 Å². The van der Waals surface area contributed by atoms with Gasteiger partial charge in [-0.2, -0.15) is 0 Å². The second kappa shape index (κ2) is 7.35. The van der Waals surface area contributed by atoms with Crippen LogP contribution in [0.1, 0.15) is 18.8 Å². The molecule has 6 nitrogen and oxygen atoms in total. The van der Waals surface area contributed by atoms with Gasteiger partial charge < -0.3 is 5.11 Å². The molecule has 3 rings (SSSR count). The van der Waals surface area contributed by atoms with E-state index in [1.807, 2.05) is 0 Å². The molecule has 0 fully saturated rings. The minimum absolute atomic E-state index is 0. The van der Waals surface area contributed by atoms with E-state index in [-0.39, 0.29) is 29.4 Å². The number of hydrogen-bond acceptors (Lipinski definition) is 5. The maximum absolute atomic E-state index is 12.5. The topological polar surface area (TPSA) is 92.2 Å². The largest absolute Gasteiger partial charge is 0.504 e. The van der Waals surface area contributed by atoms with Crippen LogP contribution < -0.4 is 4.72 Å². The minimum Gasteiger partial charge on any atom is -0.504 e. The summed E-state index contributed by atoms with van der Waals surface area (Å²) in [6, 6.07) is 9.84. The van der Waals surface area contributed by atoms with Crippen LogP contribution in [0, 0.1) is 6.92 Å². The van der Waals surface area contributed by atoms with Crippen LogP contribution in [0.3, 0.4) is 0 Å². The Bertz CT molecular complexity index is 1010. The Kier molecular flexibility index (Phi) is 5.62. The molecule has 0 unspecified atom stereocenters. The van der Waals surface area contributed by atoms with Crippen LogP contribution in [-0.2, 0) is 16.6 Å². The van der Waals surface area contributed by atoms with Crippen molar-refractivity contribution in [3.8, 4) is 5.75 Å². The lowest BCUT2D eigenvalue weighted by Crippen LogP contribution is -2.24. The minimum atomic E-state index is -3.98. The van der Waals surface area contributed by atoms with Crippen molar-refractivity contribution in [2.75, 3.05) is 0 Å². The molecule has 0 amide bonds. The molecule has 2 N–H and O–H groups in total. The van der Waals surface area contributed by atoms with Crippen LogP contribution in [0.25, 0.3) is 10.9 Å². The SMILES string of the molecule is C.Cc1ccc2c(Cl)cc(S(=O)(=O)NCc3ccccn3)c(O)c2n1. The lowest BCUT2D eigenvalue weighted by molar-refractivity contribution is 0.463. The Morgan fingerprint density at radius 2 is 2.00 bits per heavy atom. The highest BCUT2D eigenvalue weighted by Gasteiger charge is 2.23. The van der Waals surface area contributed by atoms with Crippen LogP contribution in [0.15, 0.2) is 47.5 Å². The molecular weight excluding hydrogens is 362 g/mol. The van der Waals surface area contributed by atoms with Crippen molar-refractivity contribution in [1.82, 2.24) is 14.7 Å². The number of sulfonamides is 1. The summed E-state index contributed by atoms with van der Waals surface area (Å²) < 4.78 is 27.4. The number of benzene rings is 1. The van der Waals surface area contributed by atoms with Gasteiger partial charge in [0.15, 0.2) is 5.75 Å². The van der Waals surface area contributed by atoms with Crippen molar-refractivity contribution in [3.63, 3.8) is 0 Å². The molecule has 1 aromatic carbocycles. The van der Waals surface area contributed by atoms with E-state index >= 15 is 0 Å². The number of hydrogen-bond donors (Lipinski definition) is 2. The molecule has 0 radical (unpaired) electrons. The molecule has 0 aliphatic heterocycles. The van der Waals surface area contributed by atoms with Gasteiger partial charge in [-0.1, -0.05) is 25.1 Å². The highest BCUT2D eigenvalue weighted by atomic mass is 35.5. The molecule has 0 saturated carbocycles. The number of fused-ring (bicyclic) bond motifs is 1. The smallest absolute Gasteiger partial charge is 0.244 e. The molecule has 2 aromatic heterocycles. The third kappa shape index (κ3) is 3.89. The summed E-state index contributed by atoms with van der Waals surface area (Å²) in [6.45, 7) is 1.74. The van der Waals surface area contributed by atoms with Crippen LogP contribution in [0.2, 0.25) is 5.02 Å². The van der Waals surface area contributed by atoms with Gasteiger partial charge in [-0.05, 0) is 37.3 Å². The third-order valence-corrected chi connectivity index (χ3v) is 5.19. The maximum atomic E-state index is 12.5. The number of phenols is 1. The van der Waals surface area contributed by atoms with E-state index in [4.69, 9.17) is 11.6 Å². The van der Waals surface area contributed by atoms with Crippen molar-refractivity contribution in [3.05, 3.63) is 59.0 Å². The second-order valence-electron chi connectivity index (χ2n) is 5.20. The van der Waals surface area contributed by atoms with Gasteiger partial charge in [-0.3, -0.25) is 4.98 Å². The molecule has 2 heterocycles. The number of nitrogens with one attached hydrogen (secondary N) is 1. The van der Waals surface area contributed by atoms with Crippen LogP contribution >= 0.6 is 11.6 Å². The first-order chi connectivity index (χ1) is 11.4. The van der Waals surface area contributed by atoms with E-state index in [2.05, 4.69) is 14.7 Å². The van der Waals surface area contributed by atoms with E-state index in [1.165, 1.54) is 6.07 Å². The Balaban J connectivity index is 0.00000225. The summed E-state index contributed by atoms with van der Waals surface area (Å²) >= 11 is 6.15. The van der Waals surface area contributed by atoms with Crippen molar-refractivity contribution < 1.29 is 13.5 Å². The van der Waals surface area contributed by atoms with Gasteiger partial charge in [-0.25, -0.2) is 18.1 Å². The number of aryl methyl sites for hydroxylation is 1. The number of aromatic hydroxyl groups is 1. The Morgan fingerprint density at radius 3 is 2.68 bits per heavy atom. The fourth-order valence-electron chi connectivity index (χ4n) is 2.26. The van der Waals surface area contributed by atoms with E-state index in [0.717, 1.165) is 0 Å². The van der Waals surface area contributed by atoms with Gasteiger partial charge in [0.2, 0.25) is 10.0 Å². The average molecular weight is 380 g/mol. The van der Waals surface area contributed by atoms with Gasteiger partial charge in [0.1, 0.15) is 10.4 Å². The summed E-state index contributed by atoms with van der Waals surface area (Å²) in [7, 11) is -3.98. The molecule has 0 saturated heterocycles. The van der Waals surface area contributed by atoms with E-state index in [0.29, 0.717) is 16.8 Å². The van der Waals surface area contributed by atoms with Gasteiger partial charge in [0, 0.05) is 17.3 Å². The zero-order valence-corrected chi connectivity index (χ0v) is 14.3. The molecule has 132 valence electrons.